The first-order valence-electron chi connectivity index (χ1n) is 9.03. The molecule has 0 aliphatic carbocycles. The fourth-order valence-corrected chi connectivity index (χ4v) is 4.62. The van der Waals surface area contributed by atoms with E-state index < -0.39 is 27.1 Å². The van der Waals surface area contributed by atoms with Crippen molar-refractivity contribution in [3.63, 3.8) is 0 Å². The third-order valence-electron chi connectivity index (χ3n) is 4.20. The van der Waals surface area contributed by atoms with Crippen LogP contribution in [-0.4, -0.2) is 59.2 Å². The molecule has 2 rings (SSSR count). The van der Waals surface area contributed by atoms with E-state index in [9.17, 15) is 13.2 Å². The number of terminal acetylenes is 1. The Hall–Kier alpha value is -2.12. The minimum Gasteiger partial charge on any atom is -0.444 e. The molecule has 0 bridgehead atoms. The van der Waals surface area contributed by atoms with Gasteiger partial charge in [-0.2, -0.15) is 4.98 Å². The van der Waals surface area contributed by atoms with Crippen LogP contribution in [-0.2, 0) is 26.7 Å². The van der Waals surface area contributed by atoms with Crippen molar-refractivity contribution in [1.82, 2.24) is 20.4 Å². The van der Waals surface area contributed by atoms with Gasteiger partial charge in [-0.1, -0.05) is 11.1 Å². The van der Waals surface area contributed by atoms with Gasteiger partial charge in [0.05, 0.1) is 24.6 Å². The van der Waals surface area contributed by atoms with Crippen LogP contribution in [0.2, 0.25) is 0 Å². The molecule has 9 nitrogen and oxygen atoms in total. The largest absolute Gasteiger partial charge is 0.444 e. The third-order valence-corrected chi connectivity index (χ3v) is 5.95. The minimum atomic E-state index is -3.04. The number of hydrogen-bond acceptors (Lipinski definition) is 8. The van der Waals surface area contributed by atoms with Crippen LogP contribution in [0.5, 0.6) is 0 Å². The lowest BCUT2D eigenvalue weighted by Gasteiger charge is -2.26. The van der Waals surface area contributed by atoms with Crippen LogP contribution >= 0.6 is 0 Å². The van der Waals surface area contributed by atoms with Crippen LogP contribution < -0.4 is 5.32 Å². The van der Waals surface area contributed by atoms with Crippen molar-refractivity contribution >= 4 is 15.9 Å². The quantitative estimate of drug-likeness (QED) is 0.698. The van der Waals surface area contributed by atoms with Gasteiger partial charge in [0.25, 0.3) is 0 Å². The van der Waals surface area contributed by atoms with Gasteiger partial charge >= 0.3 is 6.09 Å². The number of carbonyl (C=O) groups is 1. The molecule has 1 aromatic heterocycles. The molecule has 156 valence electrons. The van der Waals surface area contributed by atoms with Gasteiger partial charge in [0.2, 0.25) is 5.89 Å². The molecule has 2 heterocycles. The average molecular weight is 413 g/mol. The summed E-state index contributed by atoms with van der Waals surface area (Å²) in [6, 6.07) is -0.177. The second kappa shape index (κ2) is 8.09. The molecule has 1 aromatic rings. The van der Waals surface area contributed by atoms with Crippen LogP contribution in [0.25, 0.3) is 0 Å². The summed E-state index contributed by atoms with van der Waals surface area (Å²) in [6.45, 7) is 9.29. The number of aromatic nitrogens is 2. The van der Waals surface area contributed by atoms with Gasteiger partial charge in [-0.05, 0) is 41.0 Å². The highest BCUT2D eigenvalue weighted by Crippen LogP contribution is 2.22. The zero-order valence-electron chi connectivity index (χ0n) is 17.0. The number of sulfone groups is 1. The number of alkyl carbamates (subject to hydrolysis) is 1. The van der Waals surface area contributed by atoms with E-state index in [1.165, 1.54) is 0 Å². The van der Waals surface area contributed by atoms with E-state index in [1.807, 2.05) is 4.90 Å². The van der Waals surface area contributed by atoms with Crippen molar-refractivity contribution in [2.45, 2.75) is 64.8 Å². The molecule has 0 spiro atoms. The summed E-state index contributed by atoms with van der Waals surface area (Å²) in [5.41, 5.74) is -1.54. The van der Waals surface area contributed by atoms with Crippen LogP contribution in [0.15, 0.2) is 4.52 Å². The summed E-state index contributed by atoms with van der Waals surface area (Å²) in [6.07, 6.45) is 5.36. The number of rotatable bonds is 6. The highest BCUT2D eigenvalue weighted by molar-refractivity contribution is 7.91. The molecule has 1 N–H and O–H groups in total. The highest BCUT2D eigenvalue weighted by Gasteiger charge is 2.34. The number of ether oxygens (including phenoxy) is 1. The first-order valence-corrected chi connectivity index (χ1v) is 10.9. The second-order valence-electron chi connectivity index (χ2n) is 8.43. The molecule has 0 saturated carbocycles. The topological polar surface area (TPSA) is 115 Å². The zero-order chi connectivity index (χ0) is 21.2. The van der Waals surface area contributed by atoms with Gasteiger partial charge < -0.3 is 14.6 Å². The fourth-order valence-electron chi connectivity index (χ4n) is 2.86. The van der Waals surface area contributed by atoms with Crippen molar-refractivity contribution in [2.24, 2.45) is 0 Å². The maximum Gasteiger partial charge on any atom is 0.408 e. The van der Waals surface area contributed by atoms with Crippen LogP contribution in [0.1, 0.15) is 52.8 Å². The lowest BCUT2D eigenvalue weighted by Crippen LogP contribution is -2.44. The molecular weight excluding hydrogens is 384 g/mol. The Bertz CT molecular complexity index is 848. The van der Waals surface area contributed by atoms with Gasteiger partial charge in [0.1, 0.15) is 11.1 Å². The number of nitrogens with one attached hydrogen (secondary N) is 1. The van der Waals surface area contributed by atoms with Gasteiger partial charge in [-0.15, -0.1) is 6.42 Å². The molecule has 1 aliphatic heterocycles. The Labute approximate surface area is 166 Å². The molecule has 1 unspecified atom stereocenters. The van der Waals surface area contributed by atoms with Gasteiger partial charge in [0, 0.05) is 6.04 Å². The van der Waals surface area contributed by atoms with E-state index in [2.05, 4.69) is 21.4 Å². The number of amides is 1. The van der Waals surface area contributed by atoms with Crippen molar-refractivity contribution in [3.8, 4) is 12.3 Å². The smallest absolute Gasteiger partial charge is 0.408 e. The van der Waals surface area contributed by atoms with Crippen LogP contribution in [0.4, 0.5) is 4.79 Å². The molecule has 1 fully saturated rings. The SMILES string of the molecule is C#CCN(Cc1nc(C(C)(C)NC(=O)OC(C)(C)C)no1)C1CCS(=O)(=O)C1. The molecule has 1 saturated heterocycles. The predicted octanol–water partition coefficient (Wildman–Crippen LogP) is 1.45. The van der Waals surface area contributed by atoms with E-state index in [4.69, 9.17) is 15.7 Å². The molecular formula is C18H28N4O5S. The van der Waals surface area contributed by atoms with Crippen molar-refractivity contribution in [3.05, 3.63) is 11.7 Å². The van der Waals surface area contributed by atoms with E-state index >= 15 is 0 Å². The monoisotopic (exact) mass is 412 g/mol. The van der Waals surface area contributed by atoms with E-state index in [0.29, 0.717) is 12.3 Å². The van der Waals surface area contributed by atoms with Crippen LogP contribution in [0, 0.1) is 12.3 Å². The number of nitrogens with zero attached hydrogens (tertiary/aromatic N) is 3. The summed E-state index contributed by atoms with van der Waals surface area (Å²) in [4.78, 5) is 18.2. The Morgan fingerprint density at radius 3 is 2.61 bits per heavy atom. The molecule has 0 aromatic carbocycles. The molecule has 10 heteroatoms. The standard InChI is InChI=1S/C18H28N4O5S/c1-7-9-22(13-8-10-28(24,25)12-13)11-14-19-15(21-27-14)18(5,6)20-16(23)26-17(2,3)4/h1,13H,8-12H2,2-6H3,(H,20,23). The Kier molecular flexibility index (Phi) is 6.41. The minimum absolute atomic E-state index is 0.0708. The predicted molar refractivity (Wildman–Crippen MR) is 103 cm³/mol. The molecule has 1 atom stereocenters. The van der Waals surface area contributed by atoms with E-state index in [0.717, 1.165) is 0 Å². The van der Waals surface area contributed by atoms with Gasteiger partial charge in [0.15, 0.2) is 15.7 Å². The Morgan fingerprint density at radius 2 is 2.07 bits per heavy atom. The van der Waals surface area contributed by atoms with Crippen molar-refractivity contribution in [1.29, 1.82) is 0 Å². The molecule has 28 heavy (non-hydrogen) atoms. The lowest BCUT2D eigenvalue weighted by atomic mass is 10.1. The average Bonchev–Trinajstić information content (AvgIpc) is 3.11. The number of carbonyl (C=O) groups excluding carboxylic acids is 1. The summed E-state index contributed by atoms with van der Waals surface area (Å²) in [5, 5.41) is 6.67. The highest BCUT2D eigenvalue weighted by atomic mass is 32.2. The Balaban J connectivity index is 2.07. The lowest BCUT2D eigenvalue weighted by molar-refractivity contribution is 0.0465. The normalized spacial score (nSPS) is 19.4. The summed E-state index contributed by atoms with van der Waals surface area (Å²) in [5.74, 6) is 3.35. The second-order valence-corrected chi connectivity index (χ2v) is 10.7. The Morgan fingerprint density at radius 1 is 1.39 bits per heavy atom. The molecule has 1 aliphatic rings. The molecule has 1 amide bonds. The van der Waals surface area contributed by atoms with Crippen molar-refractivity contribution < 1.29 is 22.5 Å². The first-order chi connectivity index (χ1) is 12.8. The first kappa shape index (κ1) is 22.2. The zero-order valence-corrected chi connectivity index (χ0v) is 17.8. The summed E-state index contributed by atoms with van der Waals surface area (Å²) >= 11 is 0. The summed E-state index contributed by atoms with van der Waals surface area (Å²) < 4.78 is 34.1. The summed E-state index contributed by atoms with van der Waals surface area (Å²) in [7, 11) is -3.04. The van der Waals surface area contributed by atoms with Gasteiger partial charge in [-0.3, -0.25) is 4.90 Å². The maximum atomic E-state index is 12.0. The maximum absolute atomic E-state index is 12.0. The van der Waals surface area contributed by atoms with Gasteiger partial charge in [-0.25, -0.2) is 13.2 Å². The third kappa shape index (κ3) is 6.21. The number of hydrogen-bond donors (Lipinski definition) is 1. The molecule has 0 radical (unpaired) electrons. The van der Waals surface area contributed by atoms with E-state index in [1.54, 1.807) is 34.6 Å². The van der Waals surface area contributed by atoms with Crippen LogP contribution in [0.3, 0.4) is 0 Å². The van der Waals surface area contributed by atoms with Crippen molar-refractivity contribution in [2.75, 3.05) is 18.1 Å². The fraction of sp³-hybridized carbons (Fsp3) is 0.722. The van der Waals surface area contributed by atoms with E-state index in [-0.39, 0.29) is 36.5 Å².